The normalized spacial score (nSPS) is 19.0. The van der Waals surface area contributed by atoms with Crippen LogP contribution in [0.1, 0.15) is 24.0 Å². The highest BCUT2D eigenvalue weighted by molar-refractivity contribution is 5.85. The molecule has 1 heterocycles. The molecular weight excluding hydrogens is 301 g/mol. The Morgan fingerprint density at radius 3 is 2.12 bits per heavy atom. The van der Waals surface area contributed by atoms with E-state index in [9.17, 15) is 9.90 Å². The van der Waals surface area contributed by atoms with E-state index in [4.69, 9.17) is 4.74 Å². The first-order valence-corrected chi connectivity index (χ1v) is 8.34. The molecular formula is C20H23NO3. The molecule has 4 nitrogen and oxygen atoms in total. The second-order valence-electron chi connectivity index (χ2n) is 6.37. The molecule has 1 aliphatic rings. The number of likely N-dealkylation sites (N-methyl/N-ethyl adjacent to an activating group) is 1. The van der Waals surface area contributed by atoms with Crippen LogP contribution in [0.4, 0.5) is 0 Å². The van der Waals surface area contributed by atoms with Gasteiger partial charge in [0.1, 0.15) is 6.10 Å². The van der Waals surface area contributed by atoms with Crippen molar-refractivity contribution < 1.29 is 14.6 Å². The third-order valence-corrected chi connectivity index (χ3v) is 4.53. The van der Waals surface area contributed by atoms with E-state index in [0.29, 0.717) is 17.7 Å². The van der Waals surface area contributed by atoms with E-state index in [-0.39, 0.29) is 6.10 Å². The Labute approximate surface area is 142 Å². The summed E-state index contributed by atoms with van der Waals surface area (Å²) in [4.78, 5) is 15.1. The topological polar surface area (TPSA) is 49.8 Å². The fraction of sp³-hybridized carbons (Fsp3) is 0.350. The summed E-state index contributed by atoms with van der Waals surface area (Å²) in [5.74, 6) is -0.611. The number of hydrogen-bond donors (Lipinski definition) is 1. The molecule has 0 bridgehead atoms. The summed E-state index contributed by atoms with van der Waals surface area (Å²) >= 11 is 0. The van der Waals surface area contributed by atoms with Gasteiger partial charge in [-0.1, -0.05) is 60.7 Å². The van der Waals surface area contributed by atoms with Crippen LogP contribution in [0.3, 0.4) is 0 Å². The molecule has 0 saturated carbocycles. The molecule has 0 aliphatic carbocycles. The molecule has 0 amide bonds. The number of rotatable bonds is 4. The van der Waals surface area contributed by atoms with Gasteiger partial charge in [-0.05, 0) is 37.6 Å². The predicted molar refractivity (Wildman–Crippen MR) is 92.5 cm³/mol. The standard InChI is InChI=1S/C20H23NO3/c1-21-14-8-13-18(15-21)24-19(22)20(23,16-9-4-2-5-10-16)17-11-6-3-7-12-17/h2-7,9-12,18,23H,8,13-15H2,1H3/i1-1. The van der Waals surface area contributed by atoms with E-state index in [1.807, 2.05) is 43.4 Å². The average Bonchev–Trinajstić information content (AvgIpc) is 2.62. The Balaban J connectivity index is 1.91. The minimum absolute atomic E-state index is 0.185. The number of aliphatic hydroxyl groups is 1. The lowest BCUT2D eigenvalue weighted by Gasteiger charge is -2.33. The third-order valence-electron chi connectivity index (χ3n) is 4.53. The highest BCUT2D eigenvalue weighted by Crippen LogP contribution is 2.32. The van der Waals surface area contributed by atoms with Gasteiger partial charge < -0.3 is 14.7 Å². The zero-order valence-corrected chi connectivity index (χ0v) is 13.9. The number of likely N-dealkylation sites (tertiary alicyclic amines) is 1. The van der Waals surface area contributed by atoms with Gasteiger partial charge in [0, 0.05) is 6.54 Å². The maximum absolute atomic E-state index is 13.0. The van der Waals surface area contributed by atoms with E-state index < -0.39 is 11.6 Å². The van der Waals surface area contributed by atoms with Crippen molar-refractivity contribution in [3.05, 3.63) is 71.8 Å². The number of hydrogen-bond acceptors (Lipinski definition) is 4. The monoisotopic (exact) mass is 324 g/mol. The Morgan fingerprint density at radius 2 is 1.62 bits per heavy atom. The maximum atomic E-state index is 13.0. The zero-order chi connectivity index (χ0) is 17.0. The second-order valence-corrected chi connectivity index (χ2v) is 6.37. The molecule has 1 fully saturated rings. The minimum atomic E-state index is -1.79. The number of ether oxygens (including phenoxy) is 1. The molecule has 1 N–H and O–H groups in total. The lowest BCUT2D eigenvalue weighted by molar-refractivity contribution is -0.170. The van der Waals surface area contributed by atoms with E-state index in [0.717, 1.165) is 19.4 Å². The molecule has 1 unspecified atom stereocenters. The summed E-state index contributed by atoms with van der Waals surface area (Å²) in [7, 11) is 2.01. The van der Waals surface area contributed by atoms with Crippen LogP contribution < -0.4 is 0 Å². The Bertz CT molecular complexity index is 632. The number of benzene rings is 2. The van der Waals surface area contributed by atoms with Gasteiger partial charge in [-0.15, -0.1) is 0 Å². The SMILES string of the molecule is [11CH3]N1CCCC(OC(=O)C(O)(c2ccccc2)c2ccccc2)C1. The molecule has 4 heteroatoms. The van der Waals surface area contributed by atoms with Crippen molar-refractivity contribution in [1.82, 2.24) is 4.90 Å². The van der Waals surface area contributed by atoms with Gasteiger partial charge >= 0.3 is 5.97 Å². The molecule has 0 spiro atoms. The fourth-order valence-corrected chi connectivity index (χ4v) is 3.21. The smallest absolute Gasteiger partial charge is 0.348 e. The van der Waals surface area contributed by atoms with Gasteiger partial charge in [-0.2, -0.15) is 0 Å². The van der Waals surface area contributed by atoms with Crippen LogP contribution in [-0.4, -0.2) is 42.2 Å². The molecule has 2 aromatic rings. The van der Waals surface area contributed by atoms with Crippen LogP contribution in [0.25, 0.3) is 0 Å². The molecule has 3 rings (SSSR count). The highest BCUT2D eigenvalue weighted by atomic mass is 16.6. The number of piperidine rings is 1. The van der Waals surface area contributed by atoms with Crippen molar-refractivity contribution in [2.24, 2.45) is 0 Å². The van der Waals surface area contributed by atoms with Gasteiger partial charge in [0.15, 0.2) is 0 Å². The quantitative estimate of drug-likeness (QED) is 0.878. The average molecular weight is 324 g/mol. The first-order chi connectivity index (χ1) is 11.6. The molecule has 1 atom stereocenters. The van der Waals surface area contributed by atoms with E-state index >= 15 is 0 Å². The van der Waals surface area contributed by atoms with Gasteiger partial charge in [0.2, 0.25) is 5.60 Å². The molecule has 2 aromatic carbocycles. The predicted octanol–water partition coefficient (Wildman–Crippen LogP) is 2.56. The van der Waals surface area contributed by atoms with Gasteiger partial charge in [0.05, 0.1) is 0 Å². The van der Waals surface area contributed by atoms with Crippen LogP contribution >= 0.6 is 0 Å². The minimum Gasteiger partial charge on any atom is -0.458 e. The van der Waals surface area contributed by atoms with Gasteiger partial charge in [-0.25, -0.2) is 4.79 Å². The number of carbonyl (C=O) groups excluding carboxylic acids is 1. The molecule has 0 aromatic heterocycles. The third kappa shape index (κ3) is 3.35. The Kier molecular flexibility index (Phi) is 4.97. The number of carbonyl (C=O) groups is 1. The van der Waals surface area contributed by atoms with Crippen molar-refractivity contribution in [2.75, 3.05) is 20.1 Å². The summed E-state index contributed by atoms with van der Waals surface area (Å²) in [6, 6.07) is 18.0. The van der Waals surface area contributed by atoms with Crippen LogP contribution in [0, 0.1) is 0 Å². The lowest BCUT2D eigenvalue weighted by atomic mass is 9.86. The Morgan fingerprint density at radius 1 is 1.08 bits per heavy atom. The fourth-order valence-electron chi connectivity index (χ4n) is 3.21. The first-order valence-electron chi connectivity index (χ1n) is 8.34. The second kappa shape index (κ2) is 7.16. The van der Waals surface area contributed by atoms with E-state index in [1.54, 1.807) is 24.3 Å². The summed E-state index contributed by atoms with van der Waals surface area (Å²) in [5, 5.41) is 11.3. The van der Waals surface area contributed by atoms with E-state index in [1.165, 1.54) is 0 Å². The summed E-state index contributed by atoms with van der Waals surface area (Å²) < 4.78 is 5.71. The zero-order valence-electron chi connectivity index (χ0n) is 13.9. The van der Waals surface area contributed by atoms with Crippen LogP contribution in [0.15, 0.2) is 60.7 Å². The lowest BCUT2D eigenvalue weighted by Crippen LogP contribution is -2.44. The van der Waals surface area contributed by atoms with Crippen molar-refractivity contribution in [3.8, 4) is 0 Å². The summed E-state index contributed by atoms with van der Waals surface area (Å²) in [6.07, 6.45) is 1.63. The van der Waals surface area contributed by atoms with Gasteiger partial charge in [-0.3, -0.25) is 0 Å². The van der Waals surface area contributed by atoms with Gasteiger partial charge in [0.25, 0.3) is 0 Å². The van der Waals surface area contributed by atoms with Crippen LogP contribution in [-0.2, 0) is 15.1 Å². The number of esters is 1. The largest absolute Gasteiger partial charge is 0.458 e. The molecule has 1 aliphatic heterocycles. The Hall–Kier alpha value is -2.17. The van der Waals surface area contributed by atoms with Crippen molar-refractivity contribution in [2.45, 2.75) is 24.5 Å². The molecule has 24 heavy (non-hydrogen) atoms. The van der Waals surface area contributed by atoms with Crippen LogP contribution in [0.2, 0.25) is 0 Å². The molecule has 126 valence electrons. The van der Waals surface area contributed by atoms with Crippen molar-refractivity contribution in [3.63, 3.8) is 0 Å². The van der Waals surface area contributed by atoms with Crippen molar-refractivity contribution in [1.29, 1.82) is 0 Å². The maximum Gasteiger partial charge on any atom is 0.348 e. The molecule has 1 saturated heterocycles. The van der Waals surface area contributed by atoms with Crippen molar-refractivity contribution >= 4 is 5.97 Å². The molecule has 0 radical (unpaired) electrons. The summed E-state index contributed by atoms with van der Waals surface area (Å²) in [5.41, 5.74) is -0.755. The van der Waals surface area contributed by atoms with Crippen LogP contribution in [0.5, 0.6) is 0 Å². The van der Waals surface area contributed by atoms with E-state index in [2.05, 4.69) is 4.90 Å². The first kappa shape index (κ1) is 16.7. The highest BCUT2D eigenvalue weighted by Gasteiger charge is 2.42. The number of nitrogens with zero attached hydrogens (tertiary/aromatic N) is 1. The summed E-state index contributed by atoms with van der Waals surface area (Å²) in [6.45, 7) is 1.71.